The Morgan fingerprint density at radius 3 is 2.44 bits per heavy atom. The van der Waals surface area contributed by atoms with Gasteiger partial charge in [0.2, 0.25) is 0 Å². The lowest BCUT2D eigenvalue weighted by Crippen LogP contribution is -2.13. The average Bonchev–Trinajstić information content (AvgIpc) is 2.23. The number of benzene rings is 1. The molecule has 1 rings (SSSR count). The van der Waals surface area contributed by atoms with E-state index >= 15 is 0 Å². The molecule has 0 aliphatic carbocycles. The Balaban J connectivity index is 3.47. The van der Waals surface area contributed by atoms with Crippen molar-refractivity contribution in [3.8, 4) is 11.5 Å². The zero-order chi connectivity index (χ0) is 12.5. The van der Waals surface area contributed by atoms with Crippen LogP contribution >= 0.6 is 0 Å². The van der Waals surface area contributed by atoms with Gasteiger partial charge in [-0.1, -0.05) is 0 Å². The largest absolute Gasteiger partial charge is 0.504 e. The minimum atomic E-state index is -1.76. The summed E-state index contributed by atoms with van der Waals surface area (Å²) in [6, 6.07) is 1.59. The zero-order valence-corrected chi connectivity index (χ0v) is 9.31. The Hall–Kier alpha value is -1.75. The molecular formula is C11H14O5. The molecule has 0 fully saturated rings. The molecule has 0 aliphatic rings. The van der Waals surface area contributed by atoms with E-state index in [-0.39, 0.29) is 17.1 Å². The van der Waals surface area contributed by atoms with Crippen LogP contribution in [0, 0.1) is 13.8 Å². The van der Waals surface area contributed by atoms with Crippen LogP contribution in [0.3, 0.4) is 0 Å². The molecule has 5 heteroatoms. The van der Waals surface area contributed by atoms with Crippen LogP contribution in [0.2, 0.25) is 0 Å². The molecule has 5 nitrogen and oxygen atoms in total. The van der Waals surface area contributed by atoms with E-state index in [9.17, 15) is 15.0 Å². The van der Waals surface area contributed by atoms with E-state index in [1.54, 1.807) is 19.9 Å². The zero-order valence-electron chi connectivity index (χ0n) is 9.31. The summed E-state index contributed by atoms with van der Waals surface area (Å²) in [7, 11) is 1.36. The SMILES string of the molecule is COc1cc(C)c(C)c(C(O)C(=O)O)c1O. The predicted octanol–water partition coefficient (Wildman–Crippen LogP) is 1.14. The van der Waals surface area contributed by atoms with Crippen LogP contribution in [0.15, 0.2) is 6.07 Å². The van der Waals surface area contributed by atoms with E-state index in [1.807, 2.05) is 0 Å². The molecule has 88 valence electrons. The maximum Gasteiger partial charge on any atom is 0.337 e. The summed E-state index contributed by atoms with van der Waals surface area (Å²) in [6.45, 7) is 3.38. The molecule has 16 heavy (non-hydrogen) atoms. The van der Waals surface area contributed by atoms with Crippen molar-refractivity contribution >= 4 is 5.97 Å². The number of rotatable bonds is 3. The van der Waals surface area contributed by atoms with Crippen molar-refractivity contribution in [2.24, 2.45) is 0 Å². The van der Waals surface area contributed by atoms with E-state index < -0.39 is 12.1 Å². The molecular weight excluding hydrogens is 212 g/mol. The van der Waals surface area contributed by atoms with Gasteiger partial charge in [0.05, 0.1) is 7.11 Å². The molecule has 1 atom stereocenters. The number of carboxylic acid groups (broad SMARTS) is 1. The summed E-state index contributed by atoms with van der Waals surface area (Å²) >= 11 is 0. The number of hydrogen-bond donors (Lipinski definition) is 3. The molecule has 0 amide bonds. The number of aliphatic hydroxyl groups excluding tert-OH is 1. The first-order valence-electron chi connectivity index (χ1n) is 4.68. The molecule has 3 N–H and O–H groups in total. The second-order valence-corrected chi connectivity index (χ2v) is 3.52. The summed E-state index contributed by atoms with van der Waals surface area (Å²) < 4.78 is 4.90. The number of aryl methyl sites for hydroxylation is 1. The summed E-state index contributed by atoms with van der Waals surface area (Å²) in [4.78, 5) is 10.7. The first-order valence-corrected chi connectivity index (χ1v) is 4.68. The number of aromatic hydroxyl groups is 1. The van der Waals surface area contributed by atoms with Gasteiger partial charge in [-0.15, -0.1) is 0 Å². The van der Waals surface area contributed by atoms with Crippen molar-refractivity contribution in [3.63, 3.8) is 0 Å². The lowest BCUT2D eigenvalue weighted by Gasteiger charge is -2.16. The summed E-state index contributed by atoms with van der Waals surface area (Å²) in [6.07, 6.45) is -1.76. The maximum absolute atomic E-state index is 10.7. The van der Waals surface area contributed by atoms with Gasteiger partial charge < -0.3 is 20.1 Å². The molecule has 0 spiro atoms. The standard InChI is InChI=1S/C11H14O5/c1-5-4-7(16-3)9(12)8(6(5)2)10(13)11(14)15/h4,10,12-13H,1-3H3,(H,14,15). The third-order valence-electron chi connectivity index (χ3n) is 2.56. The minimum absolute atomic E-state index is 0.0237. The number of carbonyl (C=O) groups is 1. The van der Waals surface area contributed by atoms with Crippen LogP contribution in [0.25, 0.3) is 0 Å². The highest BCUT2D eigenvalue weighted by molar-refractivity contribution is 5.77. The number of phenolic OH excluding ortho intramolecular Hbond substituents is 1. The second-order valence-electron chi connectivity index (χ2n) is 3.52. The Morgan fingerprint density at radius 1 is 1.44 bits per heavy atom. The number of aliphatic carboxylic acids is 1. The number of carboxylic acids is 1. The van der Waals surface area contributed by atoms with Crippen LogP contribution in [0.1, 0.15) is 22.8 Å². The Morgan fingerprint density at radius 2 is 2.00 bits per heavy atom. The van der Waals surface area contributed by atoms with Crippen molar-refractivity contribution in [1.29, 1.82) is 0 Å². The highest BCUT2D eigenvalue weighted by atomic mass is 16.5. The number of aliphatic hydroxyl groups is 1. The molecule has 0 saturated heterocycles. The van der Waals surface area contributed by atoms with Crippen LogP contribution in [0.5, 0.6) is 11.5 Å². The van der Waals surface area contributed by atoms with Gasteiger partial charge in [0, 0.05) is 5.56 Å². The monoisotopic (exact) mass is 226 g/mol. The van der Waals surface area contributed by atoms with Crippen molar-refractivity contribution in [2.75, 3.05) is 7.11 Å². The van der Waals surface area contributed by atoms with Crippen molar-refractivity contribution < 1.29 is 24.9 Å². The smallest absolute Gasteiger partial charge is 0.337 e. The van der Waals surface area contributed by atoms with Crippen LogP contribution in [-0.4, -0.2) is 28.4 Å². The van der Waals surface area contributed by atoms with Gasteiger partial charge in [0.1, 0.15) is 0 Å². The fraction of sp³-hybridized carbons (Fsp3) is 0.364. The van der Waals surface area contributed by atoms with Crippen molar-refractivity contribution in [3.05, 3.63) is 22.8 Å². The molecule has 0 aliphatic heterocycles. The number of hydrogen-bond acceptors (Lipinski definition) is 4. The summed E-state index contributed by atoms with van der Waals surface area (Å²) in [5.41, 5.74) is 1.25. The first kappa shape index (κ1) is 12.3. The normalized spacial score (nSPS) is 12.2. The minimum Gasteiger partial charge on any atom is -0.504 e. The van der Waals surface area contributed by atoms with E-state index in [4.69, 9.17) is 9.84 Å². The lowest BCUT2D eigenvalue weighted by atomic mass is 9.97. The second kappa shape index (κ2) is 4.40. The number of ether oxygens (including phenoxy) is 1. The molecule has 0 radical (unpaired) electrons. The van der Waals surface area contributed by atoms with Crippen molar-refractivity contribution in [2.45, 2.75) is 20.0 Å². The van der Waals surface area contributed by atoms with E-state index in [0.717, 1.165) is 5.56 Å². The highest BCUT2D eigenvalue weighted by Gasteiger charge is 2.25. The fourth-order valence-electron chi connectivity index (χ4n) is 1.51. The molecule has 0 bridgehead atoms. The quantitative estimate of drug-likeness (QED) is 0.719. The molecule has 1 aromatic rings. The van der Waals surface area contributed by atoms with E-state index in [0.29, 0.717) is 5.56 Å². The fourth-order valence-corrected chi connectivity index (χ4v) is 1.51. The Labute approximate surface area is 92.9 Å². The van der Waals surface area contributed by atoms with Crippen LogP contribution in [-0.2, 0) is 4.79 Å². The van der Waals surface area contributed by atoms with Crippen LogP contribution < -0.4 is 4.74 Å². The topological polar surface area (TPSA) is 87.0 Å². The number of phenols is 1. The Kier molecular flexibility index (Phi) is 3.39. The molecule has 0 aromatic heterocycles. The van der Waals surface area contributed by atoms with E-state index in [2.05, 4.69) is 0 Å². The van der Waals surface area contributed by atoms with E-state index in [1.165, 1.54) is 7.11 Å². The Bertz CT molecular complexity index is 425. The third-order valence-corrected chi connectivity index (χ3v) is 2.56. The van der Waals surface area contributed by atoms with Crippen molar-refractivity contribution in [1.82, 2.24) is 0 Å². The van der Waals surface area contributed by atoms with Gasteiger partial charge in [-0.25, -0.2) is 4.79 Å². The maximum atomic E-state index is 10.7. The van der Waals surface area contributed by atoms with Gasteiger partial charge in [0.15, 0.2) is 17.6 Å². The lowest BCUT2D eigenvalue weighted by molar-refractivity contribution is -0.147. The van der Waals surface area contributed by atoms with Gasteiger partial charge in [-0.2, -0.15) is 0 Å². The van der Waals surface area contributed by atoms with Gasteiger partial charge in [-0.05, 0) is 31.0 Å². The first-order chi connectivity index (χ1) is 7.40. The summed E-state index contributed by atoms with van der Waals surface area (Å²) in [5, 5.41) is 28.0. The third kappa shape index (κ3) is 1.94. The van der Waals surface area contributed by atoms with Crippen LogP contribution in [0.4, 0.5) is 0 Å². The molecule has 1 unspecified atom stereocenters. The average molecular weight is 226 g/mol. The summed E-state index contributed by atoms with van der Waals surface area (Å²) in [5.74, 6) is -1.59. The molecule has 1 aromatic carbocycles. The molecule has 0 heterocycles. The molecule has 0 saturated carbocycles. The highest BCUT2D eigenvalue weighted by Crippen LogP contribution is 2.38. The number of methoxy groups -OCH3 is 1. The van der Waals surface area contributed by atoms with Gasteiger partial charge in [-0.3, -0.25) is 0 Å². The predicted molar refractivity (Wildman–Crippen MR) is 56.7 cm³/mol. The van der Waals surface area contributed by atoms with Gasteiger partial charge in [0.25, 0.3) is 0 Å². The van der Waals surface area contributed by atoms with Gasteiger partial charge >= 0.3 is 5.97 Å².